The van der Waals surface area contributed by atoms with Gasteiger partial charge in [-0.2, -0.15) is 0 Å². The van der Waals surface area contributed by atoms with Crippen LogP contribution >= 0.6 is 0 Å². The molecule has 1 amide bonds. The molecule has 2 fully saturated rings. The summed E-state index contributed by atoms with van der Waals surface area (Å²) in [7, 11) is 0. The van der Waals surface area contributed by atoms with Crippen molar-refractivity contribution in [1.29, 1.82) is 0 Å². The van der Waals surface area contributed by atoms with E-state index >= 15 is 0 Å². The predicted molar refractivity (Wildman–Crippen MR) is 87.1 cm³/mol. The van der Waals surface area contributed by atoms with Gasteiger partial charge in [-0.05, 0) is 45.2 Å². The topological polar surface area (TPSA) is 35.6 Å². The molecule has 0 spiro atoms. The van der Waals surface area contributed by atoms with E-state index in [0.29, 0.717) is 17.9 Å². The maximum Gasteiger partial charge on any atom is 0.241 e. The van der Waals surface area contributed by atoms with Crippen molar-refractivity contribution in [1.82, 2.24) is 15.1 Å². The number of hydrogen-bond donors (Lipinski definition) is 1. The molecule has 2 aliphatic rings. The SMILES string of the molecule is CCCC1NC(C(C)C)C(=O)N1CC(C)N1CCCCC1. The first-order valence-electron chi connectivity index (χ1n) is 8.85. The van der Waals surface area contributed by atoms with Crippen molar-refractivity contribution >= 4 is 5.91 Å². The Balaban J connectivity index is 1.99. The van der Waals surface area contributed by atoms with Crippen LogP contribution in [0.4, 0.5) is 0 Å². The summed E-state index contributed by atoms with van der Waals surface area (Å²) in [4.78, 5) is 17.4. The normalized spacial score (nSPS) is 29.4. The Morgan fingerprint density at radius 3 is 2.43 bits per heavy atom. The van der Waals surface area contributed by atoms with Gasteiger partial charge in [-0.1, -0.05) is 33.6 Å². The first kappa shape index (κ1) is 16.8. The zero-order valence-electron chi connectivity index (χ0n) is 14.3. The predicted octanol–water partition coefficient (Wildman–Crippen LogP) is 2.44. The van der Waals surface area contributed by atoms with Crippen LogP contribution in [-0.4, -0.2) is 53.6 Å². The highest BCUT2D eigenvalue weighted by atomic mass is 16.2. The van der Waals surface area contributed by atoms with Gasteiger partial charge in [0.2, 0.25) is 5.91 Å². The third-order valence-corrected chi connectivity index (χ3v) is 5.00. The number of amides is 1. The average molecular weight is 295 g/mol. The first-order valence-corrected chi connectivity index (χ1v) is 8.85. The summed E-state index contributed by atoms with van der Waals surface area (Å²) in [6.45, 7) is 12.0. The zero-order chi connectivity index (χ0) is 15.4. The van der Waals surface area contributed by atoms with E-state index in [1.54, 1.807) is 0 Å². The molecular formula is C17H33N3O. The van der Waals surface area contributed by atoms with Gasteiger partial charge in [0.1, 0.15) is 0 Å². The summed E-state index contributed by atoms with van der Waals surface area (Å²) in [6.07, 6.45) is 6.39. The molecule has 4 nitrogen and oxygen atoms in total. The third kappa shape index (κ3) is 3.98. The number of piperidine rings is 1. The fourth-order valence-electron chi connectivity index (χ4n) is 3.67. The Labute approximate surface area is 130 Å². The maximum absolute atomic E-state index is 12.7. The van der Waals surface area contributed by atoms with Crippen molar-refractivity contribution in [3.8, 4) is 0 Å². The molecule has 0 saturated carbocycles. The van der Waals surface area contributed by atoms with E-state index < -0.39 is 0 Å². The molecule has 122 valence electrons. The Hall–Kier alpha value is -0.610. The summed E-state index contributed by atoms with van der Waals surface area (Å²) in [6, 6.07) is 0.483. The van der Waals surface area contributed by atoms with E-state index in [9.17, 15) is 4.79 Å². The summed E-state index contributed by atoms with van der Waals surface area (Å²) in [5, 5.41) is 3.56. The number of hydrogen-bond acceptors (Lipinski definition) is 3. The lowest BCUT2D eigenvalue weighted by Crippen LogP contribution is -2.48. The molecular weight excluding hydrogens is 262 g/mol. The van der Waals surface area contributed by atoms with E-state index in [-0.39, 0.29) is 12.2 Å². The zero-order valence-corrected chi connectivity index (χ0v) is 14.3. The lowest BCUT2D eigenvalue weighted by Gasteiger charge is -2.36. The Kier molecular flexibility index (Phi) is 6.06. The number of carbonyl (C=O) groups excluding carboxylic acids is 1. The van der Waals surface area contributed by atoms with E-state index in [2.05, 4.69) is 42.8 Å². The van der Waals surface area contributed by atoms with Crippen molar-refractivity contribution in [2.24, 2.45) is 5.92 Å². The monoisotopic (exact) mass is 295 g/mol. The average Bonchev–Trinajstić information content (AvgIpc) is 2.78. The highest BCUT2D eigenvalue weighted by Crippen LogP contribution is 2.22. The van der Waals surface area contributed by atoms with Gasteiger partial charge >= 0.3 is 0 Å². The Morgan fingerprint density at radius 1 is 1.19 bits per heavy atom. The minimum absolute atomic E-state index is 0.00936. The summed E-state index contributed by atoms with van der Waals surface area (Å²) >= 11 is 0. The molecule has 0 aromatic rings. The van der Waals surface area contributed by atoms with Crippen LogP contribution in [0.15, 0.2) is 0 Å². The van der Waals surface area contributed by atoms with Gasteiger partial charge in [-0.25, -0.2) is 0 Å². The van der Waals surface area contributed by atoms with Crippen LogP contribution in [0.1, 0.15) is 59.8 Å². The largest absolute Gasteiger partial charge is 0.324 e. The second-order valence-electron chi connectivity index (χ2n) is 7.13. The van der Waals surface area contributed by atoms with Crippen molar-refractivity contribution in [2.75, 3.05) is 19.6 Å². The molecule has 2 heterocycles. The number of likely N-dealkylation sites (tertiary alicyclic amines) is 1. The van der Waals surface area contributed by atoms with E-state index in [0.717, 1.165) is 19.4 Å². The quantitative estimate of drug-likeness (QED) is 0.817. The molecule has 0 radical (unpaired) electrons. The van der Waals surface area contributed by atoms with Crippen LogP contribution in [0.5, 0.6) is 0 Å². The van der Waals surface area contributed by atoms with Gasteiger partial charge in [-0.15, -0.1) is 0 Å². The Morgan fingerprint density at radius 2 is 1.86 bits per heavy atom. The van der Waals surface area contributed by atoms with Crippen LogP contribution in [0.3, 0.4) is 0 Å². The minimum Gasteiger partial charge on any atom is -0.324 e. The van der Waals surface area contributed by atoms with Gasteiger partial charge in [0.25, 0.3) is 0 Å². The first-order chi connectivity index (χ1) is 10.0. The standard InChI is InChI=1S/C17H33N3O/c1-5-9-15-18-16(13(2)3)17(21)20(15)12-14(4)19-10-7-6-8-11-19/h13-16,18H,5-12H2,1-4H3. The molecule has 1 N–H and O–H groups in total. The van der Waals surface area contributed by atoms with Crippen LogP contribution in [0.25, 0.3) is 0 Å². The summed E-state index contributed by atoms with van der Waals surface area (Å²) in [5.74, 6) is 0.680. The molecule has 2 aliphatic heterocycles. The molecule has 2 rings (SSSR count). The van der Waals surface area contributed by atoms with Crippen molar-refractivity contribution in [2.45, 2.75) is 78.0 Å². The Bertz CT molecular complexity index is 339. The van der Waals surface area contributed by atoms with Crippen LogP contribution < -0.4 is 5.32 Å². The van der Waals surface area contributed by atoms with Gasteiger partial charge < -0.3 is 4.90 Å². The van der Waals surface area contributed by atoms with Crippen molar-refractivity contribution in [3.63, 3.8) is 0 Å². The molecule has 0 bridgehead atoms. The molecule has 0 aliphatic carbocycles. The van der Waals surface area contributed by atoms with Crippen LogP contribution in [0.2, 0.25) is 0 Å². The van der Waals surface area contributed by atoms with E-state index in [4.69, 9.17) is 0 Å². The van der Waals surface area contributed by atoms with E-state index in [1.807, 2.05) is 0 Å². The third-order valence-electron chi connectivity index (χ3n) is 5.00. The maximum atomic E-state index is 12.7. The fourth-order valence-corrected chi connectivity index (χ4v) is 3.67. The van der Waals surface area contributed by atoms with Crippen molar-refractivity contribution < 1.29 is 4.79 Å². The van der Waals surface area contributed by atoms with Gasteiger partial charge in [-0.3, -0.25) is 15.0 Å². The van der Waals surface area contributed by atoms with Crippen LogP contribution in [-0.2, 0) is 4.79 Å². The smallest absolute Gasteiger partial charge is 0.241 e. The molecule has 3 unspecified atom stereocenters. The molecule has 0 aromatic heterocycles. The lowest BCUT2D eigenvalue weighted by atomic mass is 10.0. The minimum atomic E-state index is 0.00936. The van der Waals surface area contributed by atoms with Gasteiger partial charge in [0.05, 0.1) is 12.2 Å². The molecule has 3 atom stereocenters. The molecule has 4 heteroatoms. The second-order valence-corrected chi connectivity index (χ2v) is 7.13. The highest BCUT2D eigenvalue weighted by Gasteiger charge is 2.40. The number of nitrogens with zero attached hydrogens (tertiary/aromatic N) is 2. The summed E-state index contributed by atoms with van der Waals surface area (Å²) in [5.41, 5.74) is 0. The van der Waals surface area contributed by atoms with Crippen LogP contribution in [0, 0.1) is 5.92 Å². The van der Waals surface area contributed by atoms with E-state index in [1.165, 1.54) is 32.4 Å². The van der Waals surface area contributed by atoms with Gasteiger partial charge in [0.15, 0.2) is 0 Å². The van der Waals surface area contributed by atoms with Gasteiger partial charge in [0, 0.05) is 12.6 Å². The summed E-state index contributed by atoms with van der Waals surface area (Å²) < 4.78 is 0. The fraction of sp³-hybridized carbons (Fsp3) is 0.941. The molecule has 2 saturated heterocycles. The number of rotatable bonds is 6. The number of nitrogens with one attached hydrogen (secondary N) is 1. The lowest BCUT2D eigenvalue weighted by molar-refractivity contribution is -0.131. The highest BCUT2D eigenvalue weighted by molar-refractivity contribution is 5.84. The van der Waals surface area contributed by atoms with Crippen molar-refractivity contribution in [3.05, 3.63) is 0 Å². The number of carbonyl (C=O) groups is 1. The second kappa shape index (κ2) is 7.59. The molecule has 0 aromatic carbocycles. The molecule has 21 heavy (non-hydrogen) atoms.